The first kappa shape index (κ1) is 6.45. The van der Waals surface area contributed by atoms with Crippen LogP contribution < -0.4 is 5.84 Å². The number of halogens is 1. The van der Waals surface area contributed by atoms with Gasteiger partial charge in [-0.15, -0.1) is 4.64 Å². The SMILES string of the molecule is CON=NN(N)Cl. The summed E-state index contributed by atoms with van der Waals surface area (Å²) in [7, 11) is 1.34. The average molecular weight is 125 g/mol. The van der Waals surface area contributed by atoms with E-state index in [1.807, 2.05) is 0 Å². The molecular formula is CH5ClN4O. The molecule has 0 saturated carbocycles. The number of hydrazine groups is 1. The lowest BCUT2D eigenvalue weighted by molar-refractivity contribution is 0.165. The van der Waals surface area contributed by atoms with Crippen molar-refractivity contribution >= 4 is 11.8 Å². The van der Waals surface area contributed by atoms with Crippen molar-refractivity contribution in [3.63, 3.8) is 0 Å². The molecule has 0 aromatic rings. The molecule has 6 heteroatoms. The Kier molecular flexibility index (Phi) is 3.35. The Morgan fingerprint density at radius 3 is 2.57 bits per heavy atom. The van der Waals surface area contributed by atoms with Crippen molar-refractivity contribution in [3.05, 3.63) is 0 Å². The van der Waals surface area contributed by atoms with Gasteiger partial charge in [-0.05, 0) is 5.22 Å². The number of rotatable bonds is 2. The van der Waals surface area contributed by atoms with Gasteiger partial charge in [-0.1, -0.05) is 0 Å². The molecule has 42 valence electrons. The minimum Gasteiger partial charge on any atom is -0.381 e. The minimum atomic E-state index is 0.517. The van der Waals surface area contributed by atoms with E-state index in [1.165, 1.54) is 7.11 Å². The molecule has 0 radical (unpaired) electrons. The van der Waals surface area contributed by atoms with Crippen molar-refractivity contribution in [2.45, 2.75) is 0 Å². The van der Waals surface area contributed by atoms with Gasteiger partial charge in [0.1, 0.15) is 7.11 Å². The molecule has 0 aliphatic rings. The van der Waals surface area contributed by atoms with Crippen LogP contribution in [0.2, 0.25) is 0 Å². The standard InChI is InChI=1S/CH5ClN4O/c1-7-5-4-6(2)3/h3H2,1H3. The van der Waals surface area contributed by atoms with Gasteiger partial charge in [-0.3, -0.25) is 0 Å². The Labute approximate surface area is 45.7 Å². The molecule has 5 nitrogen and oxygen atoms in total. The Bertz CT molecular complexity index is 62.7. The molecular weight excluding hydrogens is 119 g/mol. The first-order valence-corrected chi connectivity index (χ1v) is 1.76. The number of hydrogen-bond donors (Lipinski definition) is 1. The molecule has 7 heavy (non-hydrogen) atoms. The second-order valence-electron chi connectivity index (χ2n) is 0.642. The average Bonchev–Trinajstić information content (AvgIpc) is 1.61. The van der Waals surface area contributed by atoms with Crippen LogP contribution in [0, 0.1) is 0 Å². The van der Waals surface area contributed by atoms with E-state index < -0.39 is 0 Å². The highest BCUT2D eigenvalue weighted by atomic mass is 35.5. The third kappa shape index (κ3) is 5.45. The van der Waals surface area contributed by atoms with Crippen LogP contribution in [0.25, 0.3) is 0 Å². The van der Waals surface area contributed by atoms with Crippen LogP contribution in [-0.2, 0) is 4.84 Å². The first-order valence-electron chi connectivity index (χ1n) is 1.42. The fourth-order valence-corrected chi connectivity index (χ4v) is 0.0990. The zero-order chi connectivity index (χ0) is 5.70. The molecule has 0 heterocycles. The first-order chi connectivity index (χ1) is 3.27. The third-order valence-electron chi connectivity index (χ3n) is 0.204. The molecule has 0 rings (SSSR count). The van der Waals surface area contributed by atoms with Crippen LogP contribution in [0.15, 0.2) is 10.5 Å². The van der Waals surface area contributed by atoms with E-state index in [2.05, 4.69) is 15.3 Å². The van der Waals surface area contributed by atoms with E-state index in [0.29, 0.717) is 4.64 Å². The quantitative estimate of drug-likeness (QED) is 0.248. The predicted octanol–water partition coefficient (Wildman–Crippen LogP) is 0.245. The van der Waals surface area contributed by atoms with E-state index in [4.69, 9.17) is 17.6 Å². The van der Waals surface area contributed by atoms with E-state index in [-0.39, 0.29) is 0 Å². The Morgan fingerprint density at radius 1 is 1.86 bits per heavy atom. The van der Waals surface area contributed by atoms with Gasteiger partial charge >= 0.3 is 0 Å². The molecule has 0 bridgehead atoms. The maximum Gasteiger partial charge on any atom is 0.108 e. The van der Waals surface area contributed by atoms with Gasteiger partial charge in [0.2, 0.25) is 0 Å². The van der Waals surface area contributed by atoms with Gasteiger partial charge in [-0.25, -0.2) is 5.84 Å². The summed E-state index contributed by atoms with van der Waals surface area (Å²) in [5, 5.41) is 5.99. The highest BCUT2D eigenvalue weighted by Crippen LogP contribution is 1.83. The van der Waals surface area contributed by atoms with E-state index in [0.717, 1.165) is 0 Å². The van der Waals surface area contributed by atoms with Crippen LogP contribution >= 0.6 is 11.8 Å². The summed E-state index contributed by atoms with van der Waals surface area (Å²) in [6.07, 6.45) is 0. The monoisotopic (exact) mass is 124 g/mol. The molecule has 0 saturated heterocycles. The maximum absolute atomic E-state index is 4.93. The number of hydrogen-bond acceptors (Lipinski definition) is 4. The summed E-state index contributed by atoms with van der Waals surface area (Å²) in [5.41, 5.74) is 0. The molecule has 0 aromatic heterocycles. The highest BCUT2D eigenvalue weighted by Gasteiger charge is 1.76. The lowest BCUT2D eigenvalue weighted by Gasteiger charge is -1.91. The summed E-state index contributed by atoms with van der Waals surface area (Å²) in [5.74, 6) is 4.74. The normalized spacial score (nSPS) is 9.57. The van der Waals surface area contributed by atoms with Crippen molar-refractivity contribution in [2.24, 2.45) is 16.3 Å². The summed E-state index contributed by atoms with van der Waals surface area (Å²) in [6, 6.07) is 0. The largest absolute Gasteiger partial charge is 0.381 e. The van der Waals surface area contributed by atoms with Crippen molar-refractivity contribution in [1.82, 2.24) is 4.64 Å². The van der Waals surface area contributed by atoms with Gasteiger partial charge in [0.15, 0.2) is 0 Å². The summed E-state index contributed by atoms with van der Waals surface area (Å²) in [6.45, 7) is 0. The van der Waals surface area contributed by atoms with Crippen LogP contribution in [-0.4, -0.2) is 11.7 Å². The maximum atomic E-state index is 4.93. The van der Waals surface area contributed by atoms with Gasteiger partial charge in [0.05, 0.1) is 11.8 Å². The van der Waals surface area contributed by atoms with Gasteiger partial charge in [0.25, 0.3) is 0 Å². The predicted molar refractivity (Wildman–Crippen MR) is 23.7 cm³/mol. The lowest BCUT2D eigenvalue weighted by Crippen LogP contribution is -2.10. The van der Waals surface area contributed by atoms with Crippen LogP contribution in [0.4, 0.5) is 0 Å². The number of nitrogens with zero attached hydrogens (tertiary/aromatic N) is 3. The second-order valence-corrected chi connectivity index (χ2v) is 0.989. The second kappa shape index (κ2) is 3.63. The fourth-order valence-electron chi connectivity index (χ4n) is 0.0714. The molecule has 0 amide bonds. The van der Waals surface area contributed by atoms with E-state index in [9.17, 15) is 0 Å². The lowest BCUT2D eigenvalue weighted by atomic mass is 11.7. The summed E-state index contributed by atoms with van der Waals surface area (Å²) < 4.78 is 0.517. The van der Waals surface area contributed by atoms with Crippen LogP contribution in [0.5, 0.6) is 0 Å². The Balaban J connectivity index is 3.08. The van der Waals surface area contributed by atoms with Gasteiger partial charge < -0.3 is 4.84 Å². The molecule has 0 aliphatic heterocycles. The molecule has 0 spiro atoms. The smallest absolute Gasteiger partial charge is 0.108 e. The van der Waals surface area contributed by atoms with Crippen molar-refractivity contribution in [3.8, 4) is 0 Å². The molecule has 2 N–H and O–H groups in total. The summed E-state index contributed by atoms with van der Waals surface area (Å²) >= 11 is 4.93. The van der Waals surface area contributed by atoms with E-state index >= 15 is 0 Å². The highest BCUT2D eigenvalue weighted by molar-refractivity contribution is 6.12. The third-order valence-corrected chi connectivity index (χ3v) is 0.271. The Morgan fingerprint density at radius 2 is 2.43 bits per heavy atom. The van der Waals surface area contributed by atoms with Crippen LogP contribution in [0.1, 0.15) is 0 Å². The molecule has 0 atom stereocenters. The molecule has 0 unspecified atom stereocenters. The van der Waals surface area contributed by atoms with Gasteiger partial charge in [-0.2, -0.15) is 0 Å². The molecule has 0 aromatic carbocycles. The van der Waals surface area contributed by atoms with Crippen molar-refractivity contribution in [1.29, 1.82) is 0 Å². The van der Waals surface area contributed by atoms with Crippen molar-refractivity contribution in [2.75, 3.05) is 7.11 Å². The van der Waals surface area contributed by atoms with Gasteiger partial charge in [0, 0.05) is 5.28 Å². The molecule has 0 fully saturated rings. The minimum absolute atomic E-state index is 0.517. The Hall–Kier alpha value is -0.550. The van der Waals surface area contributed by atoms with Crippen molar-refractivity contribution < 1.29 is 4.84 Å². The molecule has 0 aliphatic carbocycles. The summed E-state index contributed by atoms with van der Waals surface area (Å²) in [4.78, 5) is 4.10. The zero-order valence-corrected chi connectivity index (χ0v) is 4.46. The topological polar surface area (TPSA) is 63.2 Å². The zero-order valence-electron chi connectivity index (χ0n) is 3.71. The van der Waals surface area contributed by atoms with E-state index in [1.54, 1.807) is 0 Å². The fraction of sp³-hybridized carbons (Fsp3) is 1.00. The van der Waals surface area contributed by atoms with Crippen LogP contribution in [0.3, 0.4) is 0 Å². The number of nitrogens with two attached hydrogens (primary N) is 1.